The zero-order valence-electron chi connectivity index (χ0n) is 19.2. The van der Waals surface area contributed by atoms with E-state index in [4.69, 9.17) is 20.9 Å². The second kappa shape index (κ2) is 14.6. The van der Waals surface area contributed by atoms with Crippen LogP contribution in [0, 0.1) is 0 Å². The number of phenolic OH excluding ortho intramolecular Hbond substituents is 1. The second-order valence-electron chi connectivity index (χ2n) is 7.42. The number of phenols is 1. The van der Waals surface area contributed by atoms with E-state index in [0.717, 1.165) is 20.9 Å². The summed E-state index contributed by atoms with van der Waals surface area (Å²) in [5.74, 6) is 0.557. The maximum atomic E-state index is 12.5. The van der Waals surface area contributed by atoms with Gasteiger partial charge in [-0.3, -0.25) is 21.3 Å². The summed E-state index contributed by atoms with van der Waals surface area (Å²) in [6, 6.07) is 5.49. The first-order chi connectivity index (χ1) is 17.1. The van der Waals surface area contributed by atoms with E-state index in [-0.39, 0.29) is 30.4 Å². The van der Waals surface area contributed by atoms with Gasteiger partial charge in [0.15, 0.2) is 5.75 Å². The number of halogens is 4. The molecule has 0 aromatic heterocycles. The number of carbonyl (C=O) groups is 1. The van der Waals surface area contributed by atoms with Crippen molar-refractivity contribution in [3.63, 3.8) is 0 Å². The molecule has 10 nitrogen and oxygen atoms in total. The number of aromatic hydroxyl groups is 1. The zero-order chi connectivity index (χ0) is 26.8. The maximum Gasteiger partial charge on any atom is 0.338 e. The van der Waals surface area contributed by atoms with Crippen molar-refractivity contribution >= 4 is 81.3 Å². The molecule has 2 rings (SSSR count). The number of hydrogen-bond donors (Lipinski definition) is 6. The minimum atomic E-state index is -0.560. The van der Waals surface area contributed by atoms with E-state index in [9.17, 15) is 15.1 Å². The van der Waals surface area contributed by atoms with Crippen molar-refractivity contribution in [1.29, 1.82) is 0 Å². The third-order valence-electron chi connectivity index (χ3n) is 4.83. The highest BCUT2D eigenvalue weighted by Gasteiger charge is 2.20. The van der Waals surface area contributed by atoms with Crippen LogP contribution in [-0.2, 0) is 17.6 Å². The number of nitrogens with one attached hydrogen (secondary N) is 2. The molecule has 0 saturated carbocycles. The predicted octanol–water partition coefficient (Wildman–Crippen LogP) is 2.31. The summed E-state index contributed by atoms with van der Waals surface area (Å²) in [6.07, 6.45) is 1.13. The molecule has 1 amide bonds. The van der Waals surface area contributed by atoms with E-state index < -0.39 is 5.91 Å². The molecule has 0 fully saturated rings. The Morgan fingerprint density at radius 3 is 2.33 bits per heavy atom. The molecule has 0 radical (unpaired) electrons. The van der Waals surface area contributed by atoms with E-state index in [1.54, 1.807) is 6.07 Å². The lowest BCUT2D eigenvalue weighted by molar-refractivity contribution is -0.458. The van der Waals surface area contributed by atoms with Crippen molar-refractivity contribution < 1.29 is 29.6 Å². The molecule has 0 unspecified atom stereocenters. The van der Waals surface area contributed by atoms with Crippen LogP contribution in [0.1, 0.15) is 17.5 Å². The van der Waals surface area contributed by atoms with Crippen LogP contribution in [0.4, 0.5) is 0 Å². The van der Waals surface area contributed by atoms with Crippen molar-refractivity contribution in [3.8, 4) is 17.2 Å². The van der Waals surface area contributed by atoms with Crippen LogP contribution in [0.15, 0.2) is 41.2 Å². The predicted molar refractivity (Wildman–Crippen MR) is 151 cm³/mol. The first-order valence-electron chi connectivity index (χ1n) is 10.5. The van der Waals surface area contributed by atoms with Gasteiger partial charge in [-0.1, -0.05) is 5.16 Å². The summed E-state index contributed by atoms with van der Waals surface area (Å²) < 4.78 is 13.5. The highest BCUT2D eigenvalue weighted by molar-refractivity contribution is 9.11. The van der Waals surface area contributed by atoms with Crippen molar-refractivity contribution in [2.75, 3.05) is 26.8 Å². The van der Waals surface area contributed by atoms with Gasteiger partial charge in [-0.15, -0.1) is 0 Å². The Morgan fingerprint density at radius 2 is 1.75 bits per heavy atom. The van der Waals surface area contributed by atoms with Gasteiger partial charge in [0.2, 0.25) is 0 Å². The number of benzene rings is 2. The van der Waals surface area contributed by atoms with Gasteiger partial charge in [0.1, 0.15) is 21.7 Å². The Morgan fingerprint density at radius 1 is 1.11 bits per heavy atom. The molecule has 196 valence electrons. The second-order valence-corrected chi connectivity index (χ2v) is 10.8. The van der Waals surface area contributed by atoms with Gasteiger partial charge in [0.05, 0.1) is 33.7 Å². The van der Waals surface area contributed by atoms with Crippen molar-refractivity contribution in [3.05, 3.63) is 47.2 Å². The van der Waals surface area contributed by atoms with E-state index in [1.807, 2.05) is 12.1 Å². The molecular weight excluding hydrogens is 734 g/mol. The summed E-state index contributed by atoms with van der Waals surface area (Å²) in [6.45, 7) is 1.23. The molecule has 8 N–H and O–H groups in total. The van der Waals surface area contributed by atoms with Crippen LogP contribution in [0.2, 0.25) is 0 Å². The van der Waals surface area contributed by atoms with Crippen molar-refractivity contribution in [2.45, 2.75) is 19.3 Å². The molecule has 0 aliphatic rings. The van der Waals surface area contributed by atoms with Crippen LogP contribution >= 0.6 is 63.7 Å². The molecule has 0 bridgehead atoms. The number of hydrogen-bond acceptors (Lipinski definition) is 6. The average Bonchev–Trinajstić information content (AvgIpc) is 2.81. The SMILES string of the molecule is COc1c(Br)cc(C/C(=N\O)C(=O)NCCCOc2c(Br)cc(CC[NH+]=C(N)N)cc2Br)c(O)c1Br. The largest absolute Gasteiger partial charge is 0.506 e. The molecule has 0 saturated heterocycles. The summed E-state index contributed by atoms with van der Waals surface area (Å²) in [5, 5.41) is 25.5. The van der Waals surface area contributed by atoms with Gasteiger partial charge >= 0.3 is 5.96 Å². The molecule has 2 aromatic carbocycles. The number of nitrogens with two attached hydrogens (primary N) is 2. The molecule has 0 aliphatic carbocycles. The van der Waals surface area contributed by atoms with Crippen LogP contribution in [0.3, 0.4) is 0 Å². The molecule has 36 heavy (non-hydrogen) atoms. The fourth-order valence-electron chi connectivity index (χ4n) is 3.10. The van der Waals surface area contributed by atoms with Gasteiger partial charge in [0.25, 0.3) is 5.91 Å². The molecule has 0 atom stereocenters. The van der Waals surface area contributed by atoms with E-state index in [1.165, 1.54) is 7.11 Å². The first kappa shape index (κ1) is 30.2. The molecule has 14 heteroatoms. The lowest BCUT2D eigenvalue weighted by Gasteiger charge is -2.14. The molecule has 0 heterocycles. The monoisotopic (exact) mass is 756 g/mol. The third kappa shape index (κ3) is 8.53. The number of carbonyl (C=O) groups excluding carboxylic acids is 1. The van der Waals surface area contributed by atoms with E-state index >= 15 is 0 Å². The maximum absolute atomic E-state index is 12.5. The highest BCUT2D eigenvalue weighted by atomic mass is 79.9. The van der Waals surface area contributed by atoms with Gasteiger partial charge in [-0.05, 0) is 93.9 Å². The summed E-state index contributed by atoms with van der Waals surface area (Å²) in [4.78, 5) is 15.4. The quantitative estimate of drug-likeness (QED) is 0.0636. The summed E-state index contributed by atoms with van der Waals surface area (Å²) in [5.41, 5.74) is 12.1. The minimum Gasteiger partial charge on any atom is -0.506 e. The average molecular weight is 760 g/mol. The minimum absolute atomic E-state index is 0.0937. The zero-order valence-corrected chi connectivity index (χ0v) is 25.6. The number of nitrogens with zero attached hydrogens (tertiary/aromatic N) is 1. The fourth-order valence-corrected chi connectivity index (χ4v) is 6.14. The van der Waals surface area contributed by atoms with E-state index in [2.05, 4.69) is 79.2 Å². The van der Waals surface area contributed by atoms with Crippen molar-refractivity contribution in [1.82, 2.24) is 5.32 Å². The summed E-state index contributed by atoms with van der Waals surface area (Å²) in [7, 11) is 1.46. The van der Waals surface area contributed by atoms with Crippen LogP contribution in [0.5, 0.6) is 17.2 Å². The lowest BCUT2D eigenvalue weighted by atomic mass is 10.1. The number of methoxy groups -OCH3 is 1. The molecule has 0 spiro atoms. The molecular formula is C22H26Br4N5O5+. The van der Waals surface area contributed by atoms with Gasteiger partial charge in [-0.25, -0.2) is 0 Å². The van der Waals surface area contributed by atoms with Gasteiger partial charge < -0.3 is 25.1 Å². The summed E-state index contributed by atoms with van der Waals surface area (Å²) >= 11 is 13.6. The Hall–Kier alpha value is -2.03. The Labute approximate surface area is 242 Å². The van der Waals surface area contributed by atoms with Gasteiger partial charge in [-0.2, -0.15) is 0 Å². The Bertz CT molecular complexity index is 1130. The number of rotatable bonds is 12. The number of oxime groups is 1. The Balaban J connectivity index is 1.87. The Kier molecular flexibility index (Phi) is 12.3. The molecule has 2 aromatic rings. The fraction of sp³-hybridized carbons (Fsp3) is 0.318. The highest BCUT2D eigenvalue weighted by Crippen LogP contribution is 2.42. The number of amides is 1. The first-order valence-corrected chi connectivity index (χ1v) is 13.7. The topological polar surface area (TPSA) is 166 Å². The van der Waals surface area contributed by atoms with Crippen LogP contribution < -0.4 is 31.3 Å². The van der Waals surface area contributed by atoms with Crippen molar-refractivity contribution in [2.24, 2.45) is 16.6 Å². The van der Waals surface area contributed by atoms with Crippen LogP contribution in [0.25, 0.3) is 0 Å². The standard InChI is InChI=1S/C22H25Br4N5O5/c1-35-20-15(25)9-12(18(32)17(20)26)10-16(31-34)21(33)29-4-2-6-36-19-13(23)7-11(8-14(19)24)3-5-30-22(27)28/h7-9,32,34H,2-6,10H2,1H3,(H,29,33)(H4,27,28,30)/p+1/b31-16+. The van der Waals surface area contributed by atoms with E-state index in [0.29, 0.717) is 45.6 Å². The third-order valence-corrected chi connectivity index (χ3v) is 7.33. The normalized spacial score (nSPS) is 11.2. The number of guanidine groups is 1. The smallest absolute Gasteiger partial charge is 0.338 e. The number of ether oxygens (including phenoxy) is 2. The van der Waals surface area contributed by atoms with Crippen LogP contribution in [-0.4, -0.2) is 54.7 Å². The lowest BCUT2D eigenvalue weighted by Crippen LogP contribution is -2.78. The molecule has 0 aliphatic heterocycles. The van der Waals surface area contributed by atoms with Gasteiger partial charge in [0, 0.05) is 24.9 Å².